The van der Waals surface area contributed by atoms with Crippen LogP contribution in [0.25, 0.3) is 9.75 Å². The van der Waals surface area contributed by atoms with Crippen LogP contribution in [0.1, 0.15) is 0 Å². The summed E-state index contributed by atoms with van der Waals surface area (Å²) in [5, 5.41) is 5.02. The van der Waals surface area contributed by atoms with Crippen LogP contribution in [0.3, 0.4) is 0 Å². The molecule has 0 radical (unpaired) electrons. The fraction of sp³-hybridized carbons (Fsp3) is 0. The minimum absolute atomic E-state index is 0.0656. The molecule has 0 aliphatic carbocycles. The molecule has 0 unspecified atom stereocenters. The van der Waals surface area contributed by atoms with Crippen molar-refractivity contribution in [3.05, 3.63) is 22.9 Å². The van der Waals surface area contributed by atoms with Crippen molar-refractivity contribution in [2.24, 2.45) is 0 Å². The van der Waals surface area contributed by atoms with Gasteiger partial charge in [-0.1, -0.05) is 6.07 Å². The Morgan fingerprint density at radius 3 is 2.57 bits per heavy atom. The Morgan fingerprint density at radius 1 is 1.14 bits per heavy atom. The number of hydrogen-bond donors (Lipinski definition) is 0. The molecule has 0 spiro atoms. The Bertz CT molecular complexity index is 462. The van der Waals surface area contributed by atoms with Gasteiger partial charge in [0.2, 0.25) is 0 Å². The van der Waals surface area contributed by atoms with E-state index in [1.807, 2.05) is 17.5 Å². The normalized spacial score (nSPS) is 11.1. The molecule has 0 aliphatic rings. The zero-order valence-corrected chi connectivity index (χ0v) is 10.3. The summed E-state index contributed by atoms with van der Waals surface area (Å²) >= 11 is 3.07. The number of hydrogen-bond acceptors (Lipinski definition) is 4. The lowest BCUT2D eigenvalue weighted by Gasteiger charge is -1.91. The fourth-order valence-electron chi connectivity index (χ4n) is 1.08. The van der Waals surface area contributed by atoms with Gasteiger partial charge in [0.05, 0.1) is 15.5 Å². The van der Waals surface area contributed by atoms with Crippen molar-refractivity contribution in [1.82, 2.24) is 0 Å². The first-order valence-electron chi connectivity index (χ1n) is 3.69. The van der Waals surface area contributed by atoms with E-state index in [2.05, 4.69) is 0 Å². The second kappa shape index (κ2) is 4.41. The Balaban J connectivity index is 2.59. The van der Waals surface area contributed by atoms with Crippen LogP contribution in [-0.4, -0.2) is 0 Å². The fourth-order valence-corrected chi connectivity index (χ4v) is 4.43. The molecule has 70 valence electrons. The Hall–Kier alpha value is -0.400. The van der Waals surface area contributed by atoms with Gasteiger partial charge >= 0.3 is 0 Å². The van der Waals surface area contributed by atoms with Gasteiger partial charge in [0.15, 0.2) is 16.9 Å². The average molecular weight is 258 g/mol. The Morgan fingerprint density at radius 2 is 2.00 bits per heavy atom. The van der Waals surface area contributed by atoms with Crippen molar-refractivity contribution in [1.29, 1.82) is 0 Å². The molecule has 0 N–H and O–H groups in total. The van der Waals surface area contributed by atoms with Crippen molar-refractivity contribution in [3.8, 4) is 9.75 Å². The lowest BCUT2D eigenvalue weighted by molar-refractivity contribution is 0.601. The maximum Gasteiger partial charge on any atom is 0.195 e. The van der Waals surface area contributed by atoms with Gasteiger partial charge in [0, 0.05) is 10.3 Å². The van der Waals surface area contributed by atoms with Crippen LogP contribution < -0.4 is 10.6 Å². The molecule has 6 heteroatoms. The summed E-state index contributed by atoms with van der Waals surface area (Å²) in [6.07, 6.45) is 0. The van der Waals surface area contributed by atoms with Crippen LogP contribution in [0.5, 0.6) is 0 Å². The van der Waals surface area contributed by atoms with Gasteiger partial charge in [-0.15, -0.1) is 22.7 Å². The van der Waals surface area contributed by atoms with Gasteiger partial charge in [-0.05, 0) is 11.4 Å². The minimum atomic E-state index is -0.0674. The number of rotatable bonds is 3. The first-order chi connectivity index (χ1) is 6.86. The highest BCUT2D eigenvalue weighted by molar-refractivity contribution is 7.45. The molecule has 2 aromatic rings. The van der Waals surface area contributed by atoms with E-state index in [1.165, 1.54) is 11.3 Å². The van der Waals surface area contributed by atoms with E-state index in [-0.39, 0.29) is 16.9 Å². The summed E-state index contributed by atoms with van der Waals surface area (Å²) in [7, 11) is -0.133. The first kappa shape index (κ1) is 10.1. The van der Waals surface area contributed by atoms with Crippen LogP contribution in [0.4, 0.5) is 0 Å². The standard InChI is InChI=1S/C8H4O2P2S2/c9-11-5-4-14-8(7(5)12-10)6-2-1-3-13-6/h1-4H. The van der Waals surface area contributed by atoms with E-state index in [4.69, 9.17) is 0 Å². The van der Waals surface area contributed by atoms with Crippen LogP contribution >= 0.6 is 39.6 Å². The molecule has 2 nitrogen and oxygen atoms in total. The predicted molar refractivity (Wildman–Crippen MR) is 62.1 cm³/mol. The van der Waals surface area contributed by atoms with Crippen molar-refractivity contribution in [2.45, 2.75) is 0 Å². The van der Waals surface area contributed by atoms with Crippen molar-refractivity contribution in [3.63, 3.8) is 0 Å². The molecule has 0 aliphatic heterocycles. The van der Waals surface area contributed by atoms with Gasteiger partial charge in [0.25, 0.3) is 0 Å². The van der Waals surface area contributed by atoms with Crippen LogP contribution in [-0.2, 0) is 9.13 Å². The topological polar surface area (TPSA) is 34.1 Å². The highest BCUT2D eigenvalue weighted by Gasteiger charge is 2.14. The van der Waals surface area contributed by atoms with E-state index in [1.54, 1.807) is 16.7 Å². The summed E-state index contributed by atoms with van der Waals surface area (Å²) < 4.78 is 21.7. The summed E-state index contributed by atoms with van der Waals surface area (Å²) in [5.41, 5.74) is 0. The predicted octanol–water partition coefficient (Wildman–Crippen LogP) is 3.31. The first-order valence-corrected chi connectivity index (χ1v) is 7.07. The summed E-state index contributed by atoms with van der Waals surface area (Å²) in [5.74, 6) is 0. The largest absolute Gasteiger partial charge is 0.269 e. The molecule has 0 fully saturated rings. The van der Waals surface area contributed by atoms with E-state index in [0.29, 0.717) is 10.6 Å². The lowest BCUT2D eigenvalue weighted by Crippen LogP contribution is -2.07. The second-order valence-corrected chi connectivity index (χ2v) is 5.58. The van der Waals surface area contributed by atoms with E-state index < -0.39 is 0 Å². The molecule has 0 amide bonds. The third-order valence-corrected chi connectivity index (χ3v) is 5.41. The Labute approximate surface area is 92.0 Å². The van der Waals surface area contributed by atoms with E-state index in [0.717, 1.165) is 9.75 Å². The van der Waals surface area contributed by atoms with E-state index >= 15 is 0 Å². The SMILES string of the molecule is O=Pc1csc(-c2cccs2)c1P=O. The highest BCUT2D eigenvalue weighted by atomic mass is 32.1. The summed E-state index contributed by atoms with van der Waals surface area (Å²) in [6.45, 7) is 0. The molecular weight excluding hydrogens is 254 g/mol. The second-order valence-electron chi connectivity index (χ2n) is 2.46. The molecule has 0 bridgehead atoms. The van der Waals surface area contributed by atoms with E-state index in [9.17, 15) is 9.13 Å². The third kappa shape index (κ3) is 1.71. The van der Waals surface area contributed by atoms with Crippen LogP contribution in [0.2, 0.25) is 0 Å². The molecule has 0 atom stereocenters. The minimum Gasteiger partial charge on any atom is -0.269 e. The smallest absolute Gasteiger partial charge is 0.195 e. The molecule has 14 heavy (non-hydrogen) atoms. The van der Waals surface area contributed by atoms with Gasteiger partial charge in [0.1, 0.15) is 0 Å². The molecular formula is C8H4O2P2S2. The monoisotopic (exact) mass is 258 g/mol. The Kier molecular flexibility index (Phi) is 3.19. The molecule has 0 aromatic carbocycles. The molecule has 2 aromatic heterocycles. The lowest BCUT2D eigenvalue weighted by atomic mass is 10.4. The van der Waals surface area contributed by atoms with Gasteiger partial charge in [-0.2, -0.15) is 0 Å². The molecule has 2 rings (SSSR count). The zero-order chi connectivity index (χ0) is 9.97. The quantitative estimate of drug-likeness (QED) is 0.791. The van der Waals surface area contributed by atoms with Crippen LogP contribution in [0.15, 0.2) is 22.9 Å². The van der Waals surface area contributed by atoms with Gasteiger partial charge in [-0.3, -0.25) is 9.13 Å². The highest BCUT2D eigenvalue weighted by Crippen LogP contribution is 2.29. The van der Waals surface area contributed by atoms with Crippen LogP contribution in [0, 0.1) is 0 Å². The van der Waals surface area contributed by atoms with Crippen molar-refractivity contribution in [2.75, 3.05) is 0 Å². The molecule has 0 saturated heterocycles. The molecule has 2 heterocycles. The van der Waals surface area contributed by atoms with Gasteiger partial charge < -0.3 is 0 Å². The summed E-state index contributed by atoms with van der Waals surface area (Å²) in [6, 6.07) is 3.91. The summed E-state index contributed by atoms with van der Waals surface area (Å²) in [4.78, 5) is 2.03. The van der Waals surface area contributed by atoms with Gasteiger partial charge in [-0.25, -0.2) is 0 Å². The van der Waals surface area contributed by atoms with Crippen molar-refractivity contribution < 1.29 is 9.13 Å². The maximum atomic E-state index is 10.9. The maximum absolute atomic E-state index is 10.9. The number of thiophene rings is 2. The van der Waals surface area contributed by atoms with Crippen molar-refractivity contribution >= 4 is 50.2 Å². The third-order valence-electron chi connectivity index (χ3n) is 1.68. The average Bonchev–Trinajstić information content (AvgIpc) is 2.85. The molecule has 0 saturated carbocycles. The zero-order valence-electron chi connectivity index (χ0n) is 6.84.